The normalized spacial score (nSPS) is 18.1. The molecule has 1 saturated heterocycles. The minimum absolute atomic E-state index is 0.616. The summed E-state index contributed by atoms with van der Waals surface area (Å²) in [6.45, 7) is 6.54. The van der Waals surface area contributed by atoms with E-state index < -0.39 is 10.0 Å². The maximum atomic E-state index is 11.5. The Morgan fingerprint density at radius 2 is 1.80 bits per heavy atom. The monoisotopic (exact) mass is 299 g/mol. The Morgan fingerprint density at radius 3 is 2.30 bits per heavy atom. The van der Waals surface area contributed by atoms with Crippen LogP contribution in [0.4, 0.5) is 0 Å². The van der Waals surface area contributed by atoms with E-state index in [1.165, 1.54) is 16.7 Å². The number of rotatable bonds is 5. The van der Waals surface area contributed by atoms with Gasteiger partial charge in [-0.05, 0) is 31.2 Å². The molecule has 112 valence electrons. The number of quaternary nitrogens is 1. The van der Waals surface area contributed by atoms with E-state index in [9.17, 15) is 8.42 Å². The van der Waals surface area contributed by atoms with E-state index in [0.717, 1.165) is 25.4 Å². The molecule has 1 heterocycles. The van der Waals surface area contributed by atoms with Crippen molar-refractivity contribution in [1.29, 1.82) is 0 Å². The molecule has 1 aromatic rings. The number of piperazine rings is 1. The highest BCUT2D eigenvalue weighted by Crippen LogP contribution is 2.11. The third kappa shape index (κ3) is 4.19. The summed E-state index contributed by atoms with van der Waals surface area (Å²) in [4.78, 5) is 1.43. The first-order chi connectivity index (χ1) is 9.49. The average molecular weight is 299 g/mol. The summed E-state index contributed by atoms with van der Waals surface area (Å²) in [6, 6.07) is 8.15. The SMILES string of the molecule is CCOc1ccc(C[NH+]2CCN(S(C)(=O)=O)CC2)cc1. The predicted octanol–water partition coefficient (Wildman–Crippen LogP) is -0.255. The fraction of sp³-hybridized carbons (Fsp3) is 0.571. The zero-order valence-corrected chi connectivity index (χ0v) is 12.9. The molecule has 1 aromatic carbocycles. The lowest BCUT2D eigenvalue weighted by atomic mass is 10.2. The molecule has 0 bridgehead atoms. The molecule has 0 atom stereocenters. The van der Waals surface area contributed by atoms with Gasteiger partial charge in [0.2, 0.25) is 10.0 Å². The van der Waals surface area contributed by atoms with Gasteiger partial charge in [-0.15, -0.1) is 0 Å². The highest BCUT2D eigenvalue weighted by Gasteiger charge is 2.25. The van der Waals surface area contributed by atoms with Crippen molar-refractivity contribution in [2.24, 2.45) is 0 Å². The minimum atomic E-state index is -3.03. The number of nitrogens with one attached hydrogen (secondary N) is 1. The van der Waals surface area contributed by atoms with Gasteiger partial charge in [-0.3, -0.25) is 0 Å². The van der Waals surface area contributed by atoms with Gasteiger partial charge in [-0.25, -0.2) is 8.42 Å². The van der Waals surface area contributed by atoms with E-state index in [1.54, 1.807) is 4.31 Å². The van der Waals surface area contributed by atoms with Crippen LogP contribution in [0.25, 0.3) is 0 Å². The van der Waals surface area contributed by atoms with E-state index >= 15 is 0 Å². The van der Waals surface area contributed by atoms with Crippen LogP contribution in [0.5, 0.6) is 5.75 Å². The Hall–Kier alpha value is -1.11. The summed E-state index contributed by atoms with van der Waals surface area (Å²) in [5, 5.41) is 0. The molecule has 0 aliphatic carbocycles. The highest BCUT2D eigenvalue weighted by atomic mass is 32.2. The van der Waals surface area contributed by atoms with Gasteiger partial charge in [0, 0.05) is 5.56 Å². The molecule has 0 saturated carbocycles. The molecule has 1 N–H and O–H groups in total. The van der Waals surface area contributed by atoms with Crippen LogP contribution in [0.2, 0.25) is 0 Å². The smallest absolute Gasteiger partial charge is 0.211 e. The van der Waals surface area contributed by atoms with E-state index in [-0.39, 0.29) is 0 Å². The van der Waals surface area contributed by atoms with Crippen molar-refractivity contribution in [1.82, 2.24) is 4.31 Å². The maximum Gasteiger partial charge on any atom is 0.211 e. The lowest BCUT2D eigenvalue weighted by molar-refractivity contribution is -0.917. The Morgan fingerprint density at radius 1 is 1.20 bits per heavy atom. The van der Waals surface area contributed by atoms with Crippen LogP contribution in [0.1, 0.15) is 12.5 Å². The van der Waals surface area contributed by atoms with Crippen LogP contribution in [-0.2, 0) is 16.6 Å². The van der Waals surface area contributed by atoms with Crippen molar-refractivity contribution in [3.05, 3.63) is 29.8 Å². The summed E-state index contributed by atoms with van der Waals surface area (Å²) in [5.41, 5.74) is 1.26. The van der Waals surface area contributed by atoms with Crippen molar-refractivity contribution in [2.75, 3.05) is 39.0 Å². The van der Waals surface area contributed by atoms with Crippen LogP contribution in [0.15, 0.2) is 24.3 Å². The standard InChI is InChI=1S/C14H22N2O3S/c1-3-19-14-6-4-13(5-7-14)12-15-8-10-16(11-9-15)20(2,17)18/h4-7H,3,8-12H2,1-2H3/p+1. The summed E-state index contributed by atoms with van der Waals surface area (Å²) in [5.74, 6) is 0.896. The first-order valence-corrected chi connectivity index (χ1v) is 8.84. The number of nitrogens with zero attached hydrogens (tertiary/aromatic N) is 1. The van der Waals surface area contributed by atoms with E-state index in [4.69, 9.17) is 4.74 Å². The lowest BCUT2D eigenvalue weighted by Crippen LogP contribution is -3.13. The molecule has 0 radical (unpaired) electrons. The molecule has 0 amide bonds. The quantitative estimate of drug-likeness (QED) is 0.815. The number of ether oxygens (including phenoxy) is 1. The van der Waals surface area contributed by atoms with Crippen LogP contribution < -0.4 is 9.64 Å². The Bertz CT molecular complexity index is 520. The van der Waals surface area contributed by atoms with E-state index in [1.807, 2.05) is 19.1 Å². The predicted molar refractivity (Wildman–Crippen MR) is 78.4 cm³/mol. The molecule has 1 aliphatic rings. The van der Waals surface area contributed by atoms with Gasteiger partial charge >= 0.3 is 0 Å². The molecule has 1 aliphatic heterocycles. The second kappa shape index (κ2) is 6.56. The van der Waals surface area contributed by atoms with Crippen molar-refractivity contribution >= 4 is 10.0 Å². The van der Waals surface area contributed by atoms with Gasteiger partial charge in [0.25, 0.3) is 0 Å². The first-order valence-electron chi connectivity index (χ1n) is 6.99. The van der Waals surface area contributed by atoms with Gasteiger partial charge in [0.05, 0.1) is 39.0 Å². The second-order valence-corrected chi connectivity index (χ2v) is 7.15. The fourth-order valence-corrected chi connectivity index (χ4v) is 3.32. The van der Waals surface area contributed by atoms with Crippen LogP contribution in [0.3, 0.4) is 0 Å². The molecule has 0 spiro atoms. The molecule has 0 unspecified atom stereocenters. The molecule has 0 aromatic heterocycles. The molecular weight excluding hydrogens is 276 g/mol. The third-order valence-electron chi connectivity index (χ3n) is 3.59. The number of hydrogen-bond donors (Lipinski definition) is 1. The van der Waals surface area contributed by atoms with Crippen molar-refractivity contribution in [3.63, 3.8) is 0 Å². The van der Waals surface area contributed by atoms with Crippen LogP contribution in [0, 0.1) is 0 Å². The largest absolute Gasteiger partial charge is 0.494 e. The zero-order chi connectivity index (χ0) is 14.6. The van der Waals surface area contributed by atoms with E-state index in [2.05, 4.69) is 12.1 Å². The van der Waals surface area contributed by atoms with Crippen molar-refractivity contribution in [3.8, 4) is 5.75 Å². The molecule has 5 nitrogen and oxygen atoms in total. The van der Waals surface area contributed by atoms with Crippen molar-refractivity contribution in [2.45, 2.75) is 13.5 Å². The fourth-order valence-electron chi connectivity index (χ4n) is 2.47. The van der Waals surface area contributed by atoms with Gasteiger partial charge in [-0.2, -0.15) is 4.31 Å². The highest BCUT2D eigenvalue weighted by molar-refractivity contribution is 7.88. The molecule has 2 rings (SSSR count). The Kier molecular flexibility index (Phi) is 5.01. The minimum Gasteiger partial charge on any atom is -0.494 e. The summed E-state index contributed by atoms with van der Waals surface area (Å²) < 4.78 is 29.9. The van der Waals surface area contributed by atoms with Gasteiger partial charge in [-0.1, -0.05) is 0 Å². The van der Waals surface area contributed by atoms with Crippen LogP contribution >= 0.6 is 0 Å². The third-order valence-corrected chi connectivity index (χ3v) is 4.89. The Labute approximate surface area is 121 Å². The van der Waals surface area contributed by atoms with Crippen LogP contribution in [-0.4, -0.2) is 51.8 Å². The van der Waals surface area contributed by atoms with Gasteiger partial charge in [0.15, 0.2) is 0 Å². The molecular formula is C14H23N2O3S+. The molecule has 1 fully saturated rings. The maximum absolute atomic E-state index is 11.5. The zero-order valence-electron chi connectivity index (χ0n) is 12.1. The first kappa shape index (κ1) is 15.3. The van der Waals surface area contributed by atoms with E-state index in [0.29, 0.717) is 19.7 Å². The Balaban J connectivity index is 1.86. The number of benzene rings is 1. The topological polar surface area (TPSA) is 51.1 Å². The molecule has 20 heavy (non-hydrogen) atoms. The summed E-state index contributed by atoms with van der Waals surface area (Å²) >= 11 is 0. The summed E-state index contributed by atoms with van der Waals surface area (Å²) in [6.07, 6.45) is 1.28. The average Bonchev–Trinajstić information content (AvgIpc) is 2.41. The molecule has 6 heteroatoms. The van der Waals surface area contributed by atoms with Crippen molar-refractivity contribution < 1.29 is 18.1 Å². The second-order valence-electron chi connectivity index (χ2n) is 5.17. The van der Waals surface area contributed by atoms with Gasteiger partial charge in [0.1, 0.15) is 12.3 Å². The summed E-state index contributed by atoms with van der Waals surface area (Å²) in [7, 11) is -3.03. The number of sulfonamides is 1. The lowest BCUT2D eigenvalue weighted by Gasteiger charge is -2.30. The van der Waals surface area contributed by atoms with Gasteiger partial charge < -0.3 is 9.64 Å². The number of hydrogen-bond acceptors (Lipinski definition) is 3.